The van der Waals surface area contributed by atoms with Crippen LogP contribution in [0.15, 0.2) is 60.8 Å². The average molecular weight is 380 g/mol. The van der Waals surface area contributed by atoms with Crippen LogP contribution in [-0.2, 0) is 16.0 Å². The highest BCUT2D eigenvalue weighted by atomic mass is 16.2. The number of hydrogen-bond acceptors (Lipinski definition) is 3. The van der Waals surface area contributed by atoms with E-state index in [4.69, 9.17) is 0 Å². The molecule has 0 saturated carbocycles. The number of pyridine rings is 1. The highest BCUT2D eigenvalue weighted by Gasteiger charge is 2.17. The molecule has 28 heavy (non-hydrogen) atoms. The quantitative estimate of drug-likeness (QED) is 0.643. The Morgan fingerprint density at radius 2 is 1.89 bits per heavy atom. The van der Waals surface area contributed by atoms with Crippen LogP contribution < -0.4 is 5.32 Å². The van der Waals surface area contributed by atoms with Gasteiger partial charge >= 0.3 is 0 Å². The molecule has 0 saturated heterocycles. The summed E-state index contributed by atoms with van der Waals surface area (Å²) >= 11 is 0. The second-order valence-electron chi connectivity index (χ2n) is 6.70. The van der Waals surface area contributed by atoms with Gasteiger partial charge in [-0.1, -0.05) is 43.3 Å². The highest BCUT2D eigenvalue weighted by molar-refractivity contribution is 5.92. The lowest BCUT2D eigenvalue weighted by molar-refractivity contribution is -0.129. The van der Waals surface area contributed by atoms with Crippen molar-refractivity contribution in [3.05, 3.63) is 72.1 Å². The fourth-order valence-electron chi connectivity index (χ4n) is 2.78. The van der Waals surface area contributed by atoms with Crippen molar-refractivity contribution in [3.63, 3.8) is 0 Å². The van der Waals surface area contributed by atoms with E-state index < -0.39 is 0 Å². The molecule has 1 unspecified atom stereocenters. The smallest absolute Gasteiger partial charge is 0.246 e. The van der Waals surface area contributed by atoms with Crippen molar-refractivity contribution in [3.8, 4) is 0 Å². The minimum Gasteiger partial charge on any atom is -0.356 e. The molecule has 5 nitrogen and oxygen atoms in total. The number of carbonyl (C=O) groups excluding carboxylic acids is 2. The Morgan fingerprint density at radius 3 is 2.57 bits per heavy atom. The number of carbonyl (C=O) groups is 2. The normalized spacial score (nSPS) is 11.9. The van der Waals surface area contributed by atoms with Gasteiger partial charge in [0.1, 0.15) is 0 Å². The minimum absolute atomic E-state index is 0.0518. The zero-order valence-electron chi connectivity index (χ0n) is 16.7. The summed E-state index contributed by atoms with van der Waals surface area (Å²) in [6.07, 6.45) is 6.96. The first kappa shape index (κ1) is 21.4. The molecule has 0 aliphatic rings. The summed E-state index contributed by atoms with van der Waals surface area (Å²) in [6, 6.07) is 15.5. The van der Waals surface area contributed by atoms with Gasteiger partial charge in [-0.05, 0) is 37.1 Å². The van der Waals surface area contributed by atoms with Gasteiger partial charge in [-0.15, -0.1) is 0 Å². The number of aromatic nitrogens is 1. The lowest BCUT2D eigenvalue weighted by atomic mass is 10.1. The summed E-state index contributed by atoms with van der Waals surface area (Å²) in [5.41, 5.74) is 1.93. The van der Waals surface area contributed by atoms with E-state index in [2.05, 4.69) is 10.3 Å². The molecule has 2 aromatic rings. The van der Waals surface area contributed by atoms with Crippen LogP contribution in [0.4, 0.5) is 0 Å². The number of nitrogens with zero attached hydrogens (tertiary/aromatic N) is 2. The van der Waals surface area contributed by atoms with E-state index in [9.17, 15) is 9.59 Å². The first-order valence-electron chi connectivity index (χ1n) is 9.80. The molecule has 5 heteroatoms. The monoisotopic (exact) mass is 379 g/mol. The van der Waals surface area contributed by atoms with E-state index in [1.165, 1.54) is 0 Å². The van der Waals surface area contributed by atoms with Crippen LogP contribution in [0, 0.1) is 0 Å². The fraction of sp³-hybridized carbons (Fsp3) is 0.348. The Bertz CT molecular complexity index is 760. The maximum atomic E-state index is 12.6. The molecule has 2 rings (SSSR count). The van der Waals surface area contributed by atoms with E-state index in [0.717, 1.165) is 17.7 Å². The number of rotatable bonds is 10. The third-order valence-electron chi connectivity index (χ3n) is 4.63. The predicted octanol–water partition coefficient (Wildman–Crippen LogP) is 3.47. The van der Waals surface area contributed by atoms with Gasteiger partial charge in [0.25, 0.3) is 0 Å². The molecule has 0 bridgehead atoms. The third-order valence-corrected chi connectivity index (χ3v) is 4.63. The fourth-order valence-corrected chi connectivity index (χ4v) is 2.78. The molecule has 1 atom stereocenters. The van der Waals surface area contributed by atoms with Crippen LogP contribution in [-0.4, -0.2) is 40.8 Å². The lowest BCUT2D eigenvalue weighted by Gasteiger charge is -2.27. The molecule has 1 aromatic heterocycles. The molecular weight excluding hydrogens is 350 g/mol. The largest absolute Gasteiger partial charge is 0.356 e. The van der Waals surface area contributed by atoms with E-state index >= 15 is 0 Å². The van der Waals surface area contributed by atoms with Crippen molar-refractivity contribution in [1.82, 2.24) is 15.2 Å². The highest BCUT2D eigenvalue weighted by Crippen LogP contribution is 2.08. The molecule has 0 radical (unpaired) electrons. The topological polar surface area (TPSA) is 62.3 Å². The first-order valence-corrected chi connectivity index (χ1v) is 9.80. The molecule has 1 aromatic carbocycles. The average Bonchev–Trinajstić information content (AvgIpc) is 2.73. The summed E-state index contributed by atoms with van der Waals surface area (Å²) in [7, 11) is 0. The van der Waals surface area contributed by atoms with Crippen molar-refractivity contribution in [2.45, 2.75) is 39.2 Å². The molecular formula is C23H29N3O2. The Morgan fingerprint density at radius 1 is 1.14 bits per heavy atom. The van der Waals surface area contributed by atoms with Crippen molar-refractivity contribution in [1.29, 1.82) is 0 Å². The first-order chi connectivity index (χ1) is 13.6. The lowest BCUT2D eigenvalue weighted by Crippen LogP contribution is -2.40. The van der Waals surface area contributed by atoms with Crippen molar-refractivity contribution < 1.29 is 9.59 Å². The minimum atomic E-state index is -0.0699. The van der Waals surface area contributed by atoms with Gasteiger partial charge < -0.3 is 10.2 Å². The van der Waals surface area contributed by atoms with Gasteiger partial charge in [0.2, 0.25) is 11.8 Å². The van der Waals surface area contributed by atoms with Crippen LogP contribution in [0.1, 0.15) is 37.9 Å². The van der Waals surface area contributed by atoms with Crippen LogP contribution in [0.2, 0.25) is 0 Å². The van der Waals surface area contributed by atoms with Gasteiger partial charge in [0.05, 0.1) is 0 Å². The number of hydrogen-bond donors (Lipinski definition) is 1. The van der Waals surface area contributed by atoms with Crippen molar-refractivity contribution in [2.24, 2.45) is 0 Å². The molecule has 1 heterocycles. The molecule has 0 aliphatic heterocycles. The van der Waals surface area contributed by atoms with Crippen LogP contribution in [0.5, 0.6) is 0 Å². The third kappa shape index (κ3) is 7.35. The van der Waals surface area contributed by atoms with Crippen LogP contribution in [0.25, 0.3) is 6.08 Å². The second kappa shape index (κ2) is 11.7. The Hall–Kier alpha value is -2.95. The van der Waals surface area contributed by atoms with E-state index in [-0.39, 0.29) is 24.3 Å². The molecule has 1 N–H and O–H groups in total. The van der Waals surface area contributed by atoms with Gasteiger partial charge in [-0.2, -0.15) is 0 Å². The van der Waals surface area contributed by atoms with Crippen LogP contribution >= 0.6 is 0 Å². The zero-order valence-corrected chi connectivity index (χ0v) is 16.7. The summed E-state index contributed by atoms with van der Waals surface area (Å²) in [5, 5.41) is 2.91. The number of benzene rings is 1. The summed E-state index contributed by atoms with van der Waals surface area (Å²) in [5.74, 6) is -0.122. The van der Waals surface area contributed by atoms with Gasteiger partial charge in [0.15, 0.2) is 0 Å². The Balaban J connectivity index is 1.83. The molecule has 2 amide bonds. The van der Waals surface area contributed by atoms with Gasteiger partial charge in [0, 0.05) is 49.9 Å². The van der Waals surface area contributed by atoms with Crippen LogP contribution in [0.3, 0.4) is 0 Å². The van der Waals surface area contributed by atoms with E-state index in [1.807, 2.05) is 68.5 Å². The number of amides is 2. The van der Waals surface area contributed by atoms with E-state index in [0.29, 0.717) is 19.5 Å². The predicted molar refractivity (Wildman–Crippen MR) is 113 cm³/mol. The van der Waals surface area contributed by atoms with Crippen molar-refractivity contribution in [2.75, 3.05) is 13.1 Å². The summed E-state index contributed by atoms with van der Waals surface area (Å²) in [4.78, 5) is 30.8. The SMILES string of the molecule is CCC(C)N(CCC(=O)NCCc1ccccn1)C(=O)/C=C/c1ccccc1. The Kier molecular flexibility index (Phi) is 8.92. The van der Waals surface area contributed by atoms with E-state index in [1.54, 1.807) is 17.2 Å². The van der Waals surface area contributed by atoms with Gasteiger partial charge in [-0.3, -0.25) is 14.6 Å². The zero-order chi connectivity index (χ0) is 20.2. The summed E-state index contributed by atoms with van der Waals surface area (Å²) in [6.45, 7) is 5.00. The number of nitrogens with one attached hydrogen (secondary N) is 1. The second-order valence-corrected chi connectivity index (χ2v) is 6.70. The van der Waals surface area contributed by atoms with Crippen molar-refractivity contribution >= 4 is 17.9 Å². The molecule has 0 spiro atoms. The van der Waals surface area contributed by atoms with Gasteiger partial charge in [-0.25, -0.2) is 0 Å². The maximum absolute atomic E-state index is 12.6. The maximum Gasteiger partial charge on any atom is 0.246 e. The molecule has 0 aliphatic carbocycles. The summed E-state index contributed by atoms with van der Waals surface area (Å²) < 4.78 is 0. The Labute approximate surface area is 167 Å². The molecule has 0 fully saturated rings. The molecule has 148 valence electrons. The standard InChI is InChI=1S/C23H29N3O2/c1-3-19(2)26(23(28)13-12-20-9-5-4-6-10-20)18-15-22(27)25-17-14-21-11-7-8-16-24-21/h4-13,16,19H,3,14-15,17-18H2,1-2H3,(H,25,27)/b13-12+.